The summed E-state index contributed by atoms with van der Waals surface area (Å²) in [5.41, 5.74) is 0.776. The summed E-state index contributed by atoms with van der Waals surface area (Å²) in [6.45, 7) is 2.97. The maximum Gasteiger partial charge on any atom is 0.389 e. The van der Waals surface area contributed by atoms with E-state index in [1.807, 2.05) is 0 Å². The molecule has 152 valence electrons. The van der Waals surface area contributed by atoms with Gasteiger partial charge in [0, 0.05) is 38.6 Å². The number of hydrogen-bond acceptors (Lipinski definition) is 4. The minimum Gasteiger partial charge on any atom is -0.495 e. The zero-order chi connectivity index (χ0) is 17.7. The lowest BCUT2D eigenvalue weighted by Crippen LogP contribution is -2.45. The molecule has 1 heterocycles. The molecule has 4 nitrogen and oxygen atoms in total. The van der Waals surface area contributed by atoms with Crippen LogP contribution in [-0.4, -0.2) is 51.5 Å². The van der Waals surface area contributed by atoms with Crippen LogP contribution in [0.15, 0.2) is 16.6 Å². The van der Waals surface area contributed by atoms with E-state index in [2.05, 4.69) is 26.1 Å². The summed E-state index contributed by atoms with van der Waals surface area (Å²) >= 11 is 3.40. The lowest BCUT2D eigenvalue weighted by molar-refractivity contribution is -0.138. The molecule has 0 amide bonds. The Labute approximate surface area is 172 Å². The van der Waals surface area contributed by atoms with Crippen molar-refractivity contribution in [2.45, 2.75) is 25.1 Å². The van der Waals surface area contributed by atoms with Crippen molar-refractivity contribution in [3.8, 4) is 11.5 Å². The molecule has 1 aromatic rings. The molecule has 1 aromatic carbocycles. The summed E-state index contributed by atoms with van der Waals surface area (Å²) in [5.74, 6) is 1.10. The molecule has 10 heteroatoms. The van der Waals surface area contributed by atoms with E-state index in [1.165, 1.54) is 14.2 Å². The molecule has 1 saturated heterocycles. The maximum atomic E-state index is 12.8. The fourth-order valence-electron chi connectivity index (χ4n) is 2.94. The summed E-state index contributed by atoms with van der Waals surface area (Å²) in [7, 11) is 3.05. The van der Waals surface area contributed by atoms with E-state index in [-0.39, 0.29) is 37.3 Å². The van der Waals surface area contributed by atoms with E-state index in [4.69, 9.17) is 9.47 Å². The first-order chi connectivity index (χ1) is 11.4. The van der Waals surface area contributed by atoms with Crippen LogP contribution < -0.4 is 14.8 Å². The van der Waals surface area contributed by atoms with Gasteiger partial charge in [-0.3, -0.25) is 4.90 Å². The van der Waals surface area contributed by atoms with Crippen LogP contribution in [0.1, 0.15) is 24.4 Å². The van der Waals surface area contributed by atoms with Gasteiger partial charge in [-0.25, -0.2) is 0 Å². The number of halogens is 6. The average molecular weight is 484 g/mol. The first kappa shape index (κ1) is 25.6. The van der Waals surface area contributed by atoms with Crippen LogP contribution in [0, 0.1) is 0 Å². The van der Waals surface area contributed by atoms with E-state index >= 15 is 0 Å². The minimum absolute atomic E-state index is 0. The molecule has 0 aliphatic carbocycles. The average Bonchev–Trinajstić information content (AvgIpc) is 2.56. The predicted octanol–water partition coefficient (Wildman–Crippen LogP) is 4.60. The summed E-state index contributed by atoms with van der Waals surface area (Å²) < 4.78 is 49.6. The standard InChI is InChI=1S/C16H22BrF3N2O2.2ClH/c1-23-13-9-11(10-14(24-2)15(13)17)12(3-4-16(18,19)20)22-7-5-21-6-8-22;;/h9-10,12,21H,3-8H2,1-2H3;2*1H/t12-;;/m0../s1. The van der Waals surface area contributed by atoms with E-state index in [9.17, 15) is 13.2 Å². The van der Waals surface area contributed by atoms with Crippen molar-refractivity contribution in [2.24, 2.45) is 0 Å². The number of ether oxygens (including phenoxy) is 2. The Bertz CT molecular complexity index is 534. The highest BCUT2D eigenvalue weighted by Gasteiger charge is 2.32. The highest BCUT2D eigenvalue weighted by molar-refractivity contribution is 9.10. The second-order valence-corrected chi connectivity index (χ2v) is 6.49. The van der Waals surface area contributed by atoms with Crippen LogP contribution >= 0.6 is 40.7 Å². The van der Waals surface area contributed by atoms with Crippen molar-refractivity contribution in [3.63, 3.8) is 0 Å². The van der Waals surface area contributed by atoms with Crippen LogP contribution in [0.25, 0.3) is 0 Å². The highest BCUT2D eigenvalue weighted by Crippen LogP contribution is 2.40. The lowest BCUT2D eigenvalue weighted by Gasteiger charge is -2.35. The molecular formula is C16H24BrCl2F3N2O2. The Kier molecular flexibility index (Phi) is 11.3. The quantitative estimate of drug-likeness (QED) is 0.641. The molecule has 1 aliphatic heterocycles. The molecule has 26 heavy (non-hydrogen) atoms. The number of hydrogen-bond donors (Lipinski definition) is 1. The van der Waals surface area contributed by atoms with Crippen molar-refractivity contribution >= 4 is 40.7 Å². The van der Waals surface area contributed by atoms with Crippen molar-refractivity contribution in [2.75, 3.05) is 40.4 Å². The van der Waals surface area contributed by atoms with Gasteiger partial charge in [-0.2, -0.15) is 13.2 Å². The first-order valence-electron chi connectivity index (χ1n) is 7.78. The van der Waals surface area contributed by atoms with Gasteiger partial charge in [-0.05, 0) is 40.0 Å². The van der Waals surface area contributed by atoms with Gasteiger partial charge in [-0.1, -0.05) is 0 Å². The summed E-state index contributed by atoms with van der Waals surface area (Å²) in [6, 6.07) is 3.25. The molecule has 0 radical (unpaired) electrons. The second kappa shape index (κ2) is 11.4. The third kappa shape index (κ3) is 6.96. The van der Waals surface area contributed by atoms with Crippen molar-refractivity contribution in [1.29, 1.82) is 0 Å². The van der Waals surface area contributed by atoms with E-state index in [0.717, 1.165) is 18.7 Å². The van der Waals surface area contributed by atoms with Gasteiger partial charge in [0.1, 0.15) is 16.0 Å². The molecule has 2 rings (SSSR count). The Hall–Kier alpha value is -0.410. The van der Waals surface area contributed by atoms with E-state index < -0.39 is 12.6 Å². The van der Waals surface area contributed by atoms with Crippen molar-refractivity contribution in [1.82, 2.24) is 10.2 Å². The lowest BCUT2D eigenvalue weighted by atomic mass is 9.98. The van der Waals surface area contributed by atoms with Crippen LogP contribution in [0.4, 0.5) is 13.2 Å². The number of nitrogens with one attached hydrogen (secondary N) is 1. The fourth-order valence-corrected chi connectivity index (χ4v) is 3.49. The minimum atomic E-state index is -4.17. The molecule has 1 aliphatic rings. The molecule has 0 spiro atoms. The first-order valence-corrected chi connectivity index (χ1v) is 8.58. The van der Waals surface area contributed by atoms with Gasteiger partial charge in [-0.15, -0.1) is 24.8 Å². The molecule has 1 N–H and O–H groups in total. The summed E-state index contributed by atoms with van der Waals surface area (Å²) in [5, 5.41) is 3.23. The van der Waals surface area contributed by atoms with Gasteiger partial charge >= 0.3 is 6.18 Å². The predicted molar refractivity (Wildman–Crippen MR) is 104 cm³/mol. The molecule has 0 unspecified atom stereocenters. The smallest absolute Gasteiger partial charge is 0.389 e. The number of methoxy groups -OCH3 is 2. The second-order valence-electron chi connectivity index (χ2n) is 5.70. The van der Waals surface area contributed by atoms with Crippen molar-refractivity contribution < 1.29 is 22.6 Å². The topological polar surface area (TPSA) is 33.7 Å². The van der Waals surface area contributed by atoms with E-state index in [1.54, 1.807) is 12.1 Å². The maximum absolute atomic E-state index is 12.8. The Morgan fingerprint density at radius 3 is 2.04 bits per heavy atom. The normalized spacial score (nSPS) is 16.2. The molecule has 0 aromatic heterocycles. The highest BCUT2D eigenvalue weighted by atomic mass is 79.9. The summed E-state index contributed by atoms with van der Waals surface area (Å²) in [6.07, 6.45) is -4.98. The molecule has 1 atom stereocenters. The van der Waals surface area contributed by atoms with Gasteiger partial charge in [0.05, 0.1) is 14.2 Å². The van der Waals surface area contributed by atoms with E-state index in [0.29, 0.717) is 29.1 Å². The largest absolute Gasteiger partial charge is 0.495 e. The van der Waals surface area contributed by atoms with Gasteiger partial charge in [0.25, 0.3) is 0 Å². The Morgan fingerprint density at radius 2 is 1.62 bits per heavy atom. The molecule has 0 bridgehead atoms. The number of nitrogens with zero attached hydrogens (tertiary/aromatic N) is 1. The van der Waals surface area contributed by atoms with Crippen LogP contribution in [0.2, 0.25) is 0 Å². The van der Waals surface area contributed by atoms with Gasteiger partial charge in [0.2, 0.25) is 0 Å². The molecular weight excluding hydrogens is 460 g/mol. The fraction of sp³-hybridized carbons (Fsp3) is 0.625. The number of rotatable bonds is 6. The van der Waals surface area contributed by atoms with Gasteiger partial charge < -0.3 is 14.8 Å². The monoisotopic (exact) mass is 482 g/mol. The summed E-state index contributed by atoms with van der Waals surface area (Å²) in [4.78, 5) is 2.09. The Balaban J connectivity index is 0.00000312. The Morgan fingerprint density at radius 1 is 1.12 bits per heavy atom. The zero-order valence-corrected chi connectivity index (χ0v) is 17.8. The van der Waals surface area contributed by atoms with Crippen LogP contribution in [0.3, 0.4) is 0 Å². The molecule has 1 fully saturated rings. The number of benzene rings is 1. The van der Waals surface area contributed by atoms with Crippen LogP contribution in [0.5, 0.6) is 11.5 Å². The van der Waals surface area contributed by atoms with Gasteiger partial charge in [0.15, 0.2) is 0 Å². The molecule has 0 saturated carbocycles. The zero-order valence-electron chi connectivity index (χ0n) is 14.6. The third-order valence-electron chi connectivity index (χ3n) is 4.15. The number of alkyl halides is 3. The third-order valence-corrected chi connectivity index (χ3v) is 4.93. The van der Waals surface area contributed by atoms with Crippen LogP contribution in [-0.2, 0) is 0 Å². The SMILES string of the molecule is COc1cc([C@H](CCC(F)(F)F)N2CCNCC2)cc(OC)c1Br.Cl.Cl. The van der Waals surface area contributed by atoms with Crippen molar-refractivity contribution in [3.05, 3.63) is 22.2 Å². The number of piperazine rings is 1.